The number of nitrogens with two attached hydrogens (primary N) is 2. The van der Waals surface area contributed by atoms with Gasteiger partial charge in [-0.2, -0.15) is 11.6 Å². The summed E-state index contributed by atoms with van der Waals surface area (Å²) in [5, 5.41) is 56.1. The molecule has 12 heteroatoms. The number of nitrogens with zero attached hydrogens (tertiary/aromatic N) is 2. The molecule has 2 aliphatic heterocycles. The van der Waals surface area contributed by atoms with Crippen LogP contribution in [0.3, 0.4) is 0 Å². The Bertz CT molecular complexity index is 1840. The Kier molecular flexibility index (Phi) is 16.7. The average Bonchev–Trinajstić information content (AvgIpc) is 3.99. The van der Waals surface area contributed by atoms with Gasteiger partial charge in [0.2, 0.25) is 0 Å². The summed E-state index contributed by atoms with van der Waals surface area (Å²) in [4.78, 5) is 8.97. The Morgan fingerprint density at radius 2 is 1.87 bits per heavy atom. The number of ether oxygens (including phenoxy) is 2. The van der Waals surface area contributed by atoms with E-state index < -0.39 is 12.2 Å². The van der Waals surface area contributed by atoms with Crippen LogP contribution < -0.4 is 21.5 Å². The topological polar surface area (TPSA) is 209 Å². The molecule has 1 aromatic carbocycles. The van der Waals surface area contributed by atoms with E-state index in [1.807, 2.05) is 30.3 Å². The predicted octanol–water partition coefficient (Wildman–Crippen LogP) is 6.29. The van der Waals surface area contributed by atoms with Crippen LogP contribution in [-0.4, -0.2) is 93.0 Å². The van der Waals surface area contributed by atoms with Crippen molar-refractivity contribution in [3.8, 4) is 11.5 Å². The number of aliphatic imine (C=N–C) groups is 1. The molecule has 10 unspecified atom stereocenters. The van der Waals surface area contributed by atoms with Gasteiger partial charge in [0.05, 0.1) is 24.2 Å². The first kappa shape index (κ1) is 46.4. The summed E-state index contributed by atoms with van der Waals surface area (Å²) >= 11 is 0. The Morgan fingerprint density at radius 3 is 2.68 bits per heavy atom. The molecule has 3 heterocycles. The number of hydrogen-bond donors (Lipinski definition) is 8. The number of pyridine rings is 1. The second kappa shape index (κ2) is 22.3. The third kappa shape index (κ3) is 12.5. The molecule has 2 aromatic rings. The highest BCUT2D eigenvalue weighted by Gasteiger charge is 2.47. The summed E-state index contributed by atoms with van der Waals surface area (Å²) in [5.41, 5.74) is 17.7. The maximum absolute atomic E-state index is 11.3. The van der Waals surface area contributed by atoms with E-state index in [4.69, 9.17) is 25.9 Å². The quantitative estimate of drug-likeness (QED) is 0.0488. The molecule has 3 fully saturated rings. The average molecular weight is 856 g/mol. The molecule has 340 valence electrons. The Labute approximate surface area is 369 Å². The van der Waals surface area contributed by atoms with E-state index in [9.17, 15) is 25.5 Å². The largest absolute Gasteiger partial charge is 0.504 e. The van der Waals surface area contributed by atoms with Gasteiger partial charge in [-0.25, -0.2) is 4.98 Å². The number of aliphatic hydroxyl groups is 4. The number of hydrogen-bond acceptors (Lipinski definition) is 12. The first-order valence-corrected chi connectivity index (χ1v) is 23.7. The van der Waals surface area contributed by atoms with E-state index >= 15 is 0 Å². The standard InChI is InChI=1S/C50H73N5O7/c1-31(57)27-53-28-42-40-7-4-6-35(40)14-17-44-41(42)26-45(55-44)47(60)30-61-49-22-33(12-18-46(49)59)11-16-39-25-37(29-56)48(62-39)8-3-2-5-32-9-13-36(43(51)21-32)24-38(58)15-10-34-19-20-54-50(52)23-34/h12,18-20,22-23,25-26,31-32,35-36,38,40,42-43,47-48,53,56-60H,2-11,13-17,21,24,27-30,51H2,1H3,(H2,52,54). The van der Waals surface area contributed by atoms with Crippen LogP contribution in [0.25, 0.3) is 0 Å². The van der Waals surface area contributed by atoms with Gasteiger partial charge in [0.25, 0.3) is 0 Å². The highest BCUT2D eigenvalue weighted by atomic mass is 16.5. The molecule has 12 nitrogen and oxygen atoms in total. The number of fused-ring (bicyclic) bond motifs is 2. The van der Waals surface area contributed by atoms with E-state index in [1.54, 1.807) is 19.2 Å². The number of aryl methyl sites for hydroxylation is 2. The lowest BCUT2D eigenvalue weighted by Crippen LogP contribution is -2.38. The van der Waals surface area contributed by atoms with Gasteiger partial charge in [0.1, 0.15) is 18.0 Å². The van der Waals surface area contributed by atoms with Gasteiger partial charge in [0.15, 0.2) is 29.4 Å². The second-order valence-corrected chi connectivity index (χ2v) is 19.1. The van der Waals surface area contributed by atoms with Crippen molar-refractivity contribution in [3.63, 3.8) is 0 Å². The van der Waals surface area contributed by atoms with Crippen LogP contribution in [0, 0.1) is 41.7 Å². The zero-order valence-electron chi connectivity index (χ0n) is 36.8. The molecule has 7 rings (SSSR count). The van der Waals surface area contributed by atoms with Crippen LogP contribution in [0.15, 0.2) is 64.8 Å². The van der Waals surface area contributed by atoms with E-state index in [0.29, 0.717) is 73.0 Å². The third-order valence-corrected chi connectivity index (χ3v) is 14.4. The number of nitrogen functional groups attached to an aromatic ring is 1. The van der Waals surface area contributed by atoms with Crippen LogP contribution in [0.4, 0.5) is 5.82 Å². The summed E-state index contributed by atoms with van der Waals surface area (Å²) in [6.07, 6.45) is 21.4. The molecule has 0 radical (unpaired) electrons. The molecular formula is C50H73N5O7. The van der Waals surface area contributed by atoms with E-state index in [0.717, 1.165) is 106 Å². The third-order valence-electron chi connectivity index (χ3n) is 14.4. The molecule has 1 aromatic heterocycles. The number of rotatable bonds is 22. The van der Waals surface area contributed by atoms with E-state index in [-0.39, 0.29) is 37.2 Å². The molecule has 3 saturated carbocycles. The zero-order valence-corrected chi connectivity index (χ0v) is 36.8. The fourth-order valence-corrected chi connectivity index (χ4v) is 11.0. The van der Waals surface area contributed by atoms with Crippen LogP contribution in [0.2, 0.25) is 0 Å². The smallest absolute Gasteiger partial charge is 0.189 e. The summed E-state index contributed by atoms with van der Waals surface area (Å²) < 4.78 is 12.4. The van der Waals surface area contributed by atoms with Gasteiger partial charge in [-0.3, -0.25) is 0 Å². The van der Waals surface area contributed by atoms with Crippen molar-refractivity contribution in [1.29, 1.82) is 0 Å². The lowest BCUT2D eigenvalue weighted by molar-refractivity contribution is 0.0985. The van der Waals surface area contributed by atoms with Crippen LogP contribution in [0.1, 0.15) is 114 Å². The molecule has 0 saturated heterocycles. The number of phenolic OH excluding ortho intramolecular Hbond substituents is 1. The number of benzene rings is 1. The normalized spacial score (nSPS) is 27.5. The Balaban J connectivity index is 0.813. The minimum atomic E-state index is -0.940. The summed E-state index contributed by atoms with van der Waals surface area (Å²) in [6, 6.07) is 9.88. The highest BCUT2D eigenvalue weighted by molar-refractivity contribution is 6.04. The maximum Gasteiger partial charge on any atom is 0.189 e. The van der Waals surface area contributed by atoms with Crippen molar-refractivity contribution in [2.24, 2.45) is 40.3 Å². The van der Waals surface area contributed by atoms with Gasteiger partial charge in [0, 0.05) is 44.5 Å². The monoisotopic (exact) mass is 856 g/mol. The zero-order chi connectivity index (χ0) is 43.6. The van der Waals surface area contributed by atoms with Gasteiger partial charge in [-0.05, 0) is 124 Å². The van der Waals surface area contributed by atoms with Crippen LogP contribution >= 0.6 is 0 Å². The van der Waals surface area contributed by atoms with Crippen molar-refractivity contribution in [2.75, 3.05) is 32.0 Å². The molecule has 3 aliphatic carbocycles. The SMILES string of the molecule is CC(O)CNCC1C2=C[C+](C(O)COc3cc(CC[C-]4C=C(CO)C(CCCCC5CCC(CC(O)CCc6ccnc(N)c6)C(N)C5)O4)ccc3O)N=C2CCC2CCCC21. The minimum absolute atomic E-state index is 0.0178. The number of nitrogens with one attached hydrogen (secondary N) is 1. The van der Waals surface area contributed by atoms with Crippen molar-refractivity contribution in [3.05, 3.63) is 83.1 Å². The highest BCUT2D eigenvalue weighted by Crippen LogP contribution is 2.47. The van der Waals surface area contributed by atoms with Crippen LogP contribution in [0.5, 0.6) is 11.5 Å². The number of aromatic hydroxyl groups is 1. The van der Waals surface area contributed by atoms with Gasteiger partial charge in [-0.1, -0.05) is 57.1 Å². The van der Waals surface area contributed by atoms with Crippen molar-refractivity contribution in [1.82, 2.24) is 10.3 Å². The lowest BCUT2D eigenvalue weighted by Gasteiger charge is -2.35. The molecule has 62 heavy (non-hydrogen) atoms. The summed E-state index contributed by atoms with van der Waals surface area (Å²) in [5.74, 6) is 3.39. The van der Waals surface area contributed by atoms with Gasteiger partial charge >= 0.3 is 0 Å². The van der Waals surface area contributed by atoms with Crippen LogP contribution in [-0.2, 0) is 17.6 Å². The fourth-order valence-electron chi connectivity index (χ4n) is 11.0. The fraction of sp³-hybridized carbons (Fsp3) is 0.640. The predicted molar refractivity (Wildman–Crippen MR) is 243 cm³/mol. The Morgan fingerprint density at radius 1 is 1.03 bits per heavy atom. The van der Waals surface area contributed by atoms with Gasteiger partial charge < -0.3 is 51.8 Å². The Hall–Kier alpha value is -3.62. The van der Waals surface area contributed by atoms with Crippen molar-refractivity contribution in [2.45, 2.75) is 147 Å². The first-order valence-electron chi connectivity index (χ1n) is 23.7. The number of anilines is 1. The molecule has 5 aliphatic rings. The molecule has 0 bridgehead atoms. The number of aliphatic hydroxyl groups excluding tert-OH is 4. The molecule has 10 atom stereocenters. The summed E-state index contributed by atoms with van der Waals surface area (Å²) in [7, 11) is 0. The van der Waals surface area contributed by atoms with Crippen molar-refractivity contribution >= 4 is 11.5 Å². The lowest BCUT2D eigenvalue weighted by atomic mass is 9.74. The second-order valence-electron chi connectivity index (χ2n) is 19.1. The molecular weight excluding hydrogens is 783 g/mol. The maximum atomic E-state index is 11.3. The number of aromatic nitrogens is 1. The van der Waals surface area contributed by atoms with E-state index in [1.165, 1.54) is 24.8 Å². The number of unbranched alkanes of at least 4 members (excludes halogenated alkanes) is 1. The van der Waals surface area contributed by atoms with Gasteiger partial charge in [-0.15, -0.1) is 4.99 Å². The molecule has 0 amide bonds. The molecule has 0 spiro atoms. The first-order chi connectivity index (χ1) is 30.0. The summed E-state index contributed by atoms with van der Waals surface area (Å²) in [6.45, 7) is 3.08. The van der Waals surface area contributed by atoms with E-state index in [2.05, 4.69) is 16.4 Å². The van der Waals surface area contributed by atoms with Crippen molar-refractivity contribution < 1.29 is 35.0 Å². The minimum Gasteiger partial charge on any atom is -0.504 e. The number of phenols is 1. The molecule has 10 N–H and O–H groups in total.